The quantitative estimate of drug-likeness (QED) is 0.809. The first-order valence-corrected chi connectivity index (χ1v) is 9.41. The lowest BCUT2D eigenvalue weighted by atomic mass is 10.3. The molecule has 1 N–H and O–H groups in total. The lowest BCUT2D eigenvalue weighted by molar-refractivity contribution is 0.387. The number of aromatic nitrogens is 1. The highest BCUT2D eigenvalue weighted by molar-refractivity contribution is 7.90. The van der Waals surface area contributed by atoms with Crippen molar-refractivity contribution in [1.82, 2.24) is 14.6 Å². The van der Waals surface area contributed by atoms with Crippen molar-refractivity contribution in [3.63, 3.8) is 0 Å². The van der Waals surface area contributed by atoms with Gasteiger partial charge in [0.25, 0.3) is 0 Å². The first-order chi connectivity index (χ1) is 9.23. The van der Waals surface area contributed by atoms with Crippen LogP contribution >= 0.6 is 12.4 Å². The van der Waals surface area contributed by atoms with E-state index in [1.807, 2.05) is 0 Å². The van der Waals surface area contributed by atoms with Gasteiger partial charge in [-0.3, -0.25) is 0 Å². The predicted molar refractivity (Wildman–Crippen MR) is 80.8 cm³/mol. The van der Waals surface area contributed by atoms with Crippen molar-refractivity contribution in [2.24, 2.45) is 0 Å². The molecule has 1 saturated heterocycles. The van der Waals surface area contributed by atoms with E-state index >= 15 is 0 Å². The van der Waals surface area contributed by atoms with E-state index in [1.54, 1.807) is 0 Å². The van der Waals surface area contributed by atoms with Gasteiger partial charge in [0, 0.05) is 32.1 Å². The molecule has 1 aliphatic rings. The number of pyridine rings is 1. The van der Waals surface area contributed by atoms with Crippen LogP contribution in [0.2, 0.25) is 0 Å². The summed E-state index contributed by atoms with van der Waals surface area (Å²) in [7, 11) is -5.55. The molecule has 10 heteroatoms. The fourth-order valence-corrected chi connectivity index (χ4v) is 3.94. The number of nitrogens with zero attached hydrogens (tertiary/aromatic N) is 2. The Kier molecular flexibility index (Phi) is 5.73. The van der Waals surface area contributed by atoms with Crippen molar-refractivity contribution in [3.05, 3.63) is 18.3 Å². The molecule has 0 aromatic carbocycles. The third kappa shape index (κ3) is 3.92. The van der Waals surface area contributed by atoms with Crippen LogP contribution < -0.4 is 5.32 Å². The Bertz CT molecular complexity index is 683. The maximum absolute atomic E-state index is 12.4. The van der Waals surface area contributed by atoms with E-state index in [-0.39, 0.29) is 28.4 Å². The third-order valence-corrected chi connectivity index (χ3v) is 6.21. The van der Waals surface area contributed by atoms with Crippen molar-refractivity contribution in [3.8, 4) is 0 Å². The van der Waals surface area contributed by atoms with Gasteiger partial charge in [0.1, 0.15) is 4.90 Å². The Labute approximate surface area is 131 Å². The first-order valence-electron chi connectivity index (χ1n) is 6.08. The molecule has 21 heavy (non-hydrogen) atoms. The summed E-state index contributed by atoms with van der Waals surface area (Å²) in [5, 5.41) is 2.97. The summed E-state index contributed by atoms with van der Waals surface area (Å²) in [6.07, 6.45) is 2.87. The van der Waals surface area contributed by atoms with E-state index in [2.05, 4.69) is 10.3 Å². The molecular formula is C11H18ClN3O4S2. The van der Waals surface area contributed by atoms with Gasteiger partial charge in [0.05, 0.1) is 0 Å². The van der Waals surface area contributed by atoms with Crippen LogP contribution in [0.4, 0.5) is 0 Å². The SMILES string of the molecule is CN(C1CCNC1)S(=O)(=O)c1ccc(S(C)(=O)=O)nc1.Cl. The number of hydrogen-bond acceptors (Lipinski definition) is 6. The van der Waals surface area contributed by atoms with Gasteiger partial charge in [0.2, 0.25) is 10.0 Å². The Morgan fingerprint density at radius 1 is 1.29 bits per heavy atom. The average molecular weight is 356 g/mol. The second kappa shape index (κ2) is 6.57. The van der Waals surface area contributed by atoms with Gasteiger partial charge in [-0.15, -0.1) is 12.4 Å². The molecule has 0 amide bonds. The molecular weight excluding hydrogens is 338 g/mol. The highest BCUT2D eigenvalue weighted by Gasteiger charge is 2.30. The lowest BCUT2D eigenvalue weighted by Gasteiger charge is -2.22. The van der Waals surface area contributed by atoms with Crippen LogP contribution in [0.15, 0.2) is 28.3 Å². The van der Waals surface area contributed by atoms with E-state index in [9.17, 15) is 16.8 Å². The number of hydrogen-bond donors (Lipinski definition) is 1. The molecule has 1 aromatic rings. The minimum absolute atomic E-state index is 0. The monoisotopic (exact) mass is 355 g/mol. The molecule has 2 heterocycles. The van der Waals surface area contributed by atoms with Crippen LogP contribution in [0.25, 0.3) is 0 Å². The normalized spacial score (nSPS) is 19.5. The zero-order chi connectivity index (χ0) is 15.0. The van der Waals surface area contributed by atoms with Crippen LogP contribution in [0.1, 0.15) is 6.42 Å². The minimum atomic E-state index is -3.65. The Morgan fingerprint density at radius 2 is 1.95 bits per heavy atom. The minimum Gasteiger partial charge on any atom is -0.315 e. The number of sulfone groups is 1. The summed E-state index contributed by atoms with van der Waals surface area (Å²) in [6, 6.07) is 2.40. The molecule has 1 aliphatic heterocycles. The summed E-state index contributed by atoms with van der Waals surface area (Å²) in [6.45, 7) is 1.40. The van der Waals surface area contributed by atoms with E-state index in [0.717, 1.165) is 25.4 Å². The molecule has 1 fully saturated rings. The van der Waals surface area contributed by atoms with Crippen LogP contribution in [0.3, 0.4) is 0 Å². The molecule has 1 aromatic heterocycles. The van der Waals surface area contributed by atoms with Crippen LogP contribution in [0.5, 0.6) is 0 Å². The average Bonchev–Trinajstić information content (AvgIpc) is 2.90. The summed E-state index contributed by atoms with van der Waals surface area (Å²) in [5.74, 6) is 0. The van der Waals surface area contributed by atoms with Crippen LogP contribution in [-0.2, 0) is 19.9 Å². The molecule has 0 saturated carbocycles. The Balaban J connectivity index is 0.00000220. The molecule has 7 nitrogen and oxygen atoms in total. The van der Waals surface area contributed by atoms with Crippen molar-refractivity contribution < 1.29 is 16.8 Å². The van der Waals surface area contributed by atoms with E-state index in [1.165, 1.54) is 23.5 Å². The fraction of sp³-hybridized carbons (Fsp3) is 0.545. The maximum Gasteiger partial charge on any atom is 0.244 e. The summed E-state index contributed by atoms with van der Waals surface area (Å²) in [4.78, 5) is 3.72. The van der Waals surface area contributed by atoms with Crippen molar-refractivity contribution in [2.45, 2.75) is 22.4 Å². The van der Waals surface area contributed by atoms with Crippen molar-refractivity contribution in [2.75, 3.05) is 26.4 Å². The highest BCUT2D eigenvalue weighted by atomic mass is 35.5. The summed E-state index contributed by atoms with van der Waals surface area (Å²) < 4.78 is 48.7. The van der Waals surface area contributed by atoms with Crippen LogP contribution in [0, 0.1) is 0 Å². The number of halogens is 1. The summed E-state index contributed by atoms with van der Waals surface area (Å²) in [5.41, 5.74) is 0. The molecule has 0 spiro atoms. The largest absolute Gasteiger partial charge is 0.315 e. The van der Waals surface area contributed by atoms with Gasteiger partial charge in [-0.1, -0.05) is 0 Å². The van der Waals surface area contributed by atoms with E-state index in [4.69, 9.17) is 0 Å². The molecule has 120 valence electrons. The summed E-state index contributed by atoms with van der Waals surface area (Å²) >= 11 is 0. The van der Waals surface area contributed by atoms with Crippen LogP contribution in [-0.4, -0.2) is 58.6 Å². The highest BCUT2D eigenvalue weighted by Crippen LogP contribution is 2.19. The molecule has 0 aliphatic carbocycles. The number of likely N-dealkylation sites (N-methyl/N-ethyl adjacent to an activating group) is 1. The Morgan fingerprint density at radius 3 is 2.38 bits per heavy atom. The molecule has 1 atom stereocenters. The third-order valence-electron chi connectivity index (χ3n) is 3.31. The van der Waals surface area contributed by atoms with Gasteiger partial charge < -0.3 is 5.32 Å². The molecule has 0 radical (unpaired) electrons. The smallest absolute Gasteiger partial charge is 0.244 e. The molecule has 1 unspecified atom stereocenters. The van der Waals surface area contributed by atoms with Gasteiger partial charge in [-0.05, 0) is 25.1 Å². The lowest BCUT2D eigenvalue weighted by Crippen LogP contribution is -2.38. The second-order valence-electron chi connectivity index (χ2n) is 4.77. The first kappa shape index (κ1) is 18.3. The van der Waals surface area contributed by atoms with Crippen molar-refractivity contribution in [1.29, 1.82) is 0 Å². The number of rotatable bonds is 4. The number of nitrogens with one attached hydrogen (secondary N) is 1. The standard InChI is InChI=1S/C11H17N3O4S2.ClH/c1-14(9-5-6-12-7-9)20(17,18)10-3-4-11(13-8-10)19(2,15)16;/h3-4,8-9,12H,5-7H2,1-2H3;1H. The second-order valence-corrected chi connectivity index (χ2v) is 8.73. The topological polar surface area (TPSA) is 96.4 Å². The molecule has 2 rings (SSSR count). The predicted octanol–water partition coefficient (Wildman–Crippen LogP) is -0.111. The maximum atomic E-state index is 12.4. The van der Waals surface area contributed by atoms with Gasteiger partial charge in [-0.2, -0.15) is 4.31 Å². The van der Waals surface area contributed by atoms with Gasteiger partial charge in [-0.25, -0.2) is 21.8 Å². The number of sulfonamides is 1. The van der Waals surface area contributed by atoms with Crippen molar-refractivity contribution >= 4 is 32.3 Å². The fourth-order valence-electron chi connectivity index (χ4n) is 2.05. The van der Waals surface area contributed by atoms with Gasteiger partial charge >= 0.3 is 0 Å². The van der Waals surface area contributed by atoms with E-state index < -0.39 is 19.9 Å². The zero-order valence-electron chi connectivity index (χ0n) is 11.7. The van der Waals surface area contributed by atoms with Gasteiger partial charge in [0.15, 0.2) is 14.9 Å². The zero-order valence-corrected chi connectivity index (χ0v) is 14.1. The van der Waals surface area contributed by atoms with E-state index in [0.29, 0.717) is 6.54 Å². The molecule has 0 bridgehead atoms. The Hall–Kier alpha value is -0.740.